The quantitative estimate of drug-likeness (QED) is 0.654. The molecule has 174 valence electrons. The first-order valence-corrected chi connectivity index (χ1v) is 12.9. The van der Waals surface area contributed by atoms with Gasteiger partial charge in [-0.1, -0.05) is 45.4 Å². The molecule has 8 heteroatoms. The Kier molecular flexibility index (Phi) is 6.11. The Hall–Kier alpha value is -2.32. The number of amides is 2. The van der Waals surface area contributed by atoms with Gasteiger partial charge in [-0.25, -0.2) is 9.52 Å². The highest BCUT2D eigenvalue weighted by Crippen LogP contribution is 2.38. The minimum Gasteiger partial charge on any atom is -0.447 e. The van der Waals surface area contributed by atoms with Crippen LogP contribution in [0.1, 0.15) is 86.3 Å². The third-order valence-corrected chi connectivity index (χ3v) is 7.67. The second-order valence-electron chi connectivity index (χ2n) is 9.69. The van der Waals surface area contributed by atoms with Crippen molar-refractivity contribution in [2.75, 3.05) is 18.4 Å². The molecule has 0 unspecified atom stereocenters. The lowest BCUT2D eigenvalue weighted by atomic mass is 9.90. The second-order valence-corrected chi connectivity index (χ2v) is 11.3. The van der Waals surface area contributed by atoms with E-state index in [0.29, 0.717) is 12.2 Å². The highest BCUT2D eigenvalue weighted by Gasteiger charge is 2.34. The van der Waals surface area contributed by atoms with Crippen molar-refractivity contribution in [1.82, 2.24) is 9.62 Å². The number of sulfonamides is 1. The summed E-state index contributed by atoms with van der Waals surface area (Å²) in [5.41, 5.74) is 4.66. The number of aryl methyl sites for hydroxylation is 1. The molecule has 0 radical (unpaired) electrons. The van der Waals surface area contributed by atoms with Crippen LogP contribution in [0, 0.1) is 6.92 Å². The predicted molar refractivity (Wildman–Crippen MR) is 125 cm³/mol. The Bertz CT molecular complexity index is 1100. The molecule has 2 amide bonds. The lowest BCUT2D eigenvalue weighted by Crippen LogP contribution is -2.35. The average molecular weight is 460 g/mol. The van der Waals surface area contributed by atoms with Gasteiger partial charge in [0, 0.05) is 29.8 Å². The summed E-state index contributed by atoms with van der Waals surface area (Å²) in [7, 11) is -4.12. The topological polar surface area (TPSA) is 91.7 Å². The normalized spacial score (nSPS) is 20.3. The van der Waals surface area contributed by atoms with Crippen molar-refractivity contribution in [1.29, 1.82) is 0 Å². The maximum absolute atomic E-state index is 13.0. The Morgan fingerprint density at radius 1 is 1.06 bits per heavy atom. The van der Waals surface area contributed by atoms with Gasteiger partial charge < -0.3 is 9.73 Å². The molecule has 1 fully saturated rings. The Morgan fingerprint density at radius 3 is 2.22 bits per heavy atom. The van der Waals surface area contributed by atoms with E-state index in [1.807, 2.05) is 19.1 Å². The number of fused-ring (bicyclic) bond motifs is 2. The average Bonchev–Trinajstić information content (AvgIpc) is 2.99. The number of anilines is 1. The lowest BCUT2D eigenvalue weighted by molar-refractivity contribution is 0.212. The maximum Gasteiger partial charge on any atom is 0.333 e. The van der Waals surface area contributed by atoms with Crippen LogP contribution in [0.25, 0.3) is 0 Å². The molecule has 32 heavy (non-hydrogen) atoms. The third kappa shape index (κ3) is 4.43. The van der Waals surface area contributed by atoms with E-state index >= 15 is 0 Å². The molecule has 3 aliphatic heterocycles. The van der Waals surface area contributed by atoms with Gasteiger partial charge in [0.1, 0.15) is 5.76 Å². The Balaban J connectivity index is 1.58. The van der Waals surface area contributed by atoms with Crippen LogP contribution < -0.4 is 10.0 Å². The van der Waals surface area contributed by atoms with E-state index in [2.05, 4.69) is 42.6 Å². The monoisotopic (exact) mass is 459 g/mol. The molecule has 7 nitrogen and oxygen atoms in total. The molecule has 3 aliphatic rings. The van der Waals surface area contributed by atoms with Gasteiger partial charge in [-0.15, -0.1) is 0 Å². The van der Waals surface area contributed by atoms with Crippen LogP contribution >= 0.6 is 0 Å². The number of rotatable bonds is 5. The number of benzene rings is 1. The first-order valence-electron chi connectivity index (χ1n) is 11.4. The number of carbonyl (C=O) groups is 1. The van der Waals surface area contributed by atoms with Crippen LogP contribution in [0.2, 0.25) is 0 Å². The Labute approximate surface area is 190 Å². The number of hydrogen-bond donors (Lipinski definition) is 2. The fraction of sp³-hybridized carbons (Fsp3) is 0.542. The molecule has 2 N–H and O–H groups in total. The number of nitrogens with one attached hydrogen (secondary N) is 2. The Morgan fingerprint density at radius 2 is 1.66 bits per heavy atom. The molecule has 2 aromatic rings. The van der Waals surface area contributed by atoms with E-state index in [9.17, 15) is 13.2 Å². The molecule has 4 heterocycles. The first-order chi connectivity index (χ1) is 15.0. The summed E-state index contributed by atoms with van der Waals surface area (Å²) in [6.45, 7) is 12.9. The zero-order chi connectivity index (χ0) is 23.2. The number of furan rings is 1. The van der Waals surface area contributed by atoms with Crippen molar-refractivity contribution in [3.8, 4) is 0 Å². The molecule has 1 aromatic carbocycles. The molecule has 1 aromatic heterocycles. The first kappa shape index (κ1) is 22.9. The highest BCUT2D eigenvalue weighted by molar-refractivity contribution is 7.89. The van der Waals surface area contributed by atoms with Gasteiger partial charge in [0.15, 0.2) is 0 Å². The van der Waals surface area contributed by atoms with Crippen molar-refractivity contribution in [2.24, 2.45) is 0 Å². The fourth-order valence-electron chi connectivity index (χ4n) is 4.82. The van der Waals surface area contributed by atoms with Crippen molar-refractivity contribution < 1.29 is 17.6 Å². The highest BCUT2D eigenvalue weighted by atomic mass is 32.2. The summed E-state index contributed by atoms with van der Waals surface area (Å²) in [6, 6.07) is 4.87. The van der Waals surface area contributed by atoms with Crippen LogP contribution in [0.3, 0.4) is 0 Å². The minimum absolute atomic E-state index is 0.172. The summed E-state index contributed by atoms with van der Waals surface area (Å²) < 4.78 is 33.9. The van der Waals surface area contributed by atoms with E-state index in [-0.39, 0.29) is 22.8 Å². The molecule has 2 bridgehead atoms. The molecule has 5 rings (SSSR count). The van der Waals surface area contributed by atoms with Crippen LogP contribution in [0.4, 0.5) is 10.5 Å². The number of urea groups is 1. The van der Waals surface area contributed by atoms with Gasteiger partial charge in [-0.3, -0.25) is 4.90 Å². The van der Waals surface area contributed by atoms with E-state index in [1.165, 1.54) is 0 Å². The van der Waals surface area contributed by atoms with Crippen molar-refractivity contribution in [3.05, 3.63) is 46.2 Å². The zero-order valence-corrected chi connectivity index (χ0v) is 20.3. The lowest BCUT2D eigenvalue weighted by Gasteiger charge is -2.26. The van der Waals surface area contributed by atoms with E-state index < -0.39 is 16.1 Å². The SMILES string of the molecule is Cc1cc(C(C)C)c(NC(=O)NS(=O)(=O)c2cc3c(o2)C2CCN(CC2)C3)c(C(C)C)c1. The summed E-state index contributed by atoms with van der Waals surface area (Å²) >= 11 is 0. The van der Waals surface area contributed by atoms with E-state index in [0.717, 1.165) is 53.9 Å². The van der Waals surface area contributed by atoms with E-state index in [4.69, 9.17) is 4.42 Å². The minimum atomic E-state index is -4.12. The smallest absolute Gasteiger partial charge is 0.333 e. The molecule has 0 saturated carbocycles. The van der Waals surface area contributed by atoms with Gasteiger partial charge in [0.2, 0.25) is 5.09 Å². The summed E-state index contributed by atoms with van der Waals surface area (Å²) in [5, 5.41) is 2.62. The largest absolute Gasteiger partial charge is 0.447 e. The van der Waals surface area contributed by atoms with Crippen LogP contribution in [-0.4, -0.2) is 32.4 Å². The zero-order valence-electron chi connectivity index (χ0n) is 19.5. The predicted octanol–water partition coefficient (Wildman–Crippen LogP) is 5.04. The van der Waals surface area contributed by atoms with Crippen LogP contribution in [0.15, 0.2) is 27.7 Å². The van der Waals surface area contributed by atoms with Crippen LogP contribution in [0.5, 0.6) is 0 Å². The molecular formula is C24H33N3O4S. The second kappa shape index (κ2) is 8.56. The van der Waals surface area contributed by atoms with Gasteiger partial charge in [0.05, 0.1) is 0 Å². The summed E-state index contributed by atoms with van der Waals surface area (Å²) in [5.74, 6) is 1.35. The summed E-state index contributed by atoms with van der Waals surface area (Å²) in [6.07, 6.45) is 1.94. The standard InChI is InChI=1S/C24H33N3O4S/c1-14(2)19-10-16(5)11-20(15(3)4)22(19)25-24(28)26-32(29,30)21-12-18-13-27-8-6-17(7-9-27)23(18)31-21/h10-12,14-15,17H,6-9,13H2,1-5H3,(H2,25,26,28). The number of nitrogens with zero attached hydrogens (tertiary/aromatic N) is 1. The maximum atomic E-state index is 13.0. The van der Waals surface area contributed by atoms with Gasteiger partial charge in [-0.05, 0) is 55.8 Å². The van der Waals surface area contributed by atoms with Gasteiger partial charge in [-0.2, -0.15) is 8.42 Å². The number of hydrogen-bond acceptors (Lipinski definition) is 5. The van der Waals surface area contributed by atoms with Crippen LogP contribution in [-0.2, 0) is 16.6 Å². The summed E-state index contributed by atoms with van der Waals surface area (Å²) in [4.78, 5) is 15.1. The van der Waals surface area contributed by atoms with Crippen molar-refractivity contribution in [3.63, 3.8) is 0 Å². The van der Waals surface area contributed by atoms with Gasteiger partial charge >= 0.3 is 6.03 Å². The molecule has 1 saturated heterocycles. The van der Waals surface area contributed by atoms with Gasteiger partial charge in [0.25, 0.3) is 10.0 Å². The number of piperidine rings is 1. The molecule has 0 spiro atoms. The number of carbonyl (C=O) groups excluding carboxylic acids is 1. The van der Waals surface area contributed by atoms with Crippen molar-refractivity contribution in [2.45, 2.75) is 76.9 Å². The van der Waals surface area contributed by atoms with E-state index in [1.54, 1.807) is 6.07 Å². The van der Waals surface area contributed by atoms with Crippen molar-refractivity contribution >= 4 is 21.7 Å². The molecular weight excluding hydrogens is 426 g/mol. The fourth-order valence-corrected chi connectivity index (χ4v) is 5.71. The molecule has 0 atom stereocenters. The molecule has 0 aliphatic carbocycles. The third-order valence-electron chi connectivity index (χ3n) is 6.49.